The van der Waals surface area contributed by atoms with E-state index in [-0.39, 0.29) is 5.82 Å². The third kappa shape index (κ3) is 5.31. The van der Waals surface area contributed by atoms with E-state index in [0.29, 0.717) is 0 Å². The second-order valence-electron chi connectivity index (χ2n) is 7.69. The van der Waals surface area contributed by atoms with Crippen molar-refractivity contribution < 1.29 is 13.9 Å². The molecule has 0 aromatic heterocycles. The maximum absolute atomic E-state index is 13.3. The summed E-state index contributed by atoms with van der Waals surface area (Å²) in [5.41, 5.74) is 3.77. The van der Waals surface area contributed by atoms with Crippen molar-refractivity contribution in [2.24, 2.45) is 0 Å². The summed E-state index contributed by atoms with van der Waals surface area (Å²) in [6.45, 7) is 8.17. The molecule has 2 aliphatic heterocycles. The van der Waals surface area contributed by atoms with Crippen LogP contribution in [0.25, 0.3) is 0 Å². The summed E-state index contributed by atoms with van der Waals surface area (Å²) in [6.07, 6.45) is 2.18. The third-order valence-corrected chi connectivity index (χ3v) is 5.53. The molecule has 5 heteroatoms. The van der Waals surface area contributed by atoms with E-state index < -0.39 is 0 Å². The van der Waals surface area contributed by atoms with Gasteiger partial charge >= 0.3 is 0 Å². The van der Waals surface area contributed by atoms with Gasteiger partial charge in [-0.05, 0) is 47.7 Å². The maximum Gasteiger partial charge on any atom is 0.123 e. The number of halogens is 1. The minimum absolute atomic E-state index is 0.182. The molecular weight excluding hydrogens is 355 g/mol. The summed E-state index contributed by atoms with van der Waals surface area (Å²) in [5, 5.41) is 0. The standard InChI is InChI=1S/C23H29FN2O2/c24-22-6-3-19(4-7-22)17-26(10-9-25-11-14-27-15-12-25)18-20-5-8-23-21(16-20)2-1-13-28-23/h3-8,16H,1-2,9-15,17-18H2. The van der Waals surface area contributed by atoms with Gasteiger partial charge in [-0.25, -0.2) is 4.39 Å². The lowest BCUT2D eigenvalue weighted by molar-refractivity contribution is 0.0325. The molecule has 1 saturated heterocycles. The third-order valence-electron chi connectivity index (χ3n) is 5.53. The molecule has 0 N–H and O–H groups in total. The van der Waals surface area contributed by atoms with Crippen LogP contribution >= 0.6 is 0 Å². The number of rotatable bonds is 7. The Labute approximate surface area is 166 Å². The first-order valence-electron chi connectivity index (χ1n) is 10.3. The first kappa shape index (κ1) is 19.4. The van der Waals surface area contributed by atoms with Gasteiger partial charge in [0, 0.05) is 39.3 Å². The van der Waals surface area contributed by atoms with Crippen LogP contribution < -0.4 is 4.74 Å². The summed E-state index contributed by atoms with van der Waals surface area (Å²) >= 11 is 0. The minimum Gasteiger partial charge on any atom is -0.493 e. The average molecular weight is 384 g/mol. The molecule has 2 aromatic rings. The van der Waals surface area contributed by atoms with Crippen LogP contribution in [0.4, 0.5) is 4.39 Å². The SMILES string of the molecule is Fc1ccc(CN(CCN2CCOCC2)Cc2ccc3c(c2)CCCO3)cc1. The molecule has 0 spiro atoms. The smallest absolute Gasteiger partial charge is 0.123 e. The van der Waals surface area contributed by atoms with Gasteiger partial charge in [0.05, 0.1) is 19.8 Å². The van der Waals surface area contributed by atoms with Crippen molar-refractivity contribution in [3.05, 3.63) is 65.0 Å². The molecule has 2 aliphatic rings. The van der Waals surface area contributed by atoms with E-state index in [9.17, 15) is 4.39 Å². The normalized spacial score (nSPS) is 17.4. The number of nitrogens with zero attached hydrogens (tertiary/aromatic N) is 2. The zero-order valence-electron chi connectivity index (χ0n) is 16.4. The zero-order valence-corrected chi connectivity index (χ0v) is 16.4. The van der Waals surface area contributed by atoms with Gasteiger partial charge in [0.2, 0.25) is 0 Å². The molecule has 0 atom stereocenters. The van der Waals surface area contributed by atoms with Gasteiger partial charge < -0.3 is 9.47 Å². The van der Waals surface area contributed by atoms with E-state index in [1.165, 1.54) is 11.1 Å². The molecule has 2 aromatic carbocycles. The number of benzene rings is 2. The Morgan fingerprint density at radius 3 is 2.50 bits per heavy atom. The molecule has 0 radical (unpaired) electrons. The fraction of sp³-hybridized carbons (Fsp3) is 0.478. The maximum atomic E-state index is 13.3. The van der Waals surface area contributed by atoms with Crippen molar-refractivity contribution in [3.63, 3.8) is 0 Å². The Kier molecular flexibility index (Phi) is 6.57. The van der Waals surface area contributed by atoms with Crippen LogP contribution in [-0.2, 0) is 24.2 Å². The van der Waals surface area contributed by atoms with Gasteiger partial charge in [0.15, 0.2) is 0 Å². The Hall–Kier alpha value is -1.95. The highest BCUT2D eigenvalue weighted by atomic mass is 19.1. The summed E-state index contributed by atoms with van der Waals surface area (Å²) in [6, 6.07) is 13.5. The Morgan fingerprint density at radius 1 is 0.929 bits per heavy atom. The van der Waals surface area contributed by atoms with Gasteiger partial charge in [-0.2, -0.15) is 0 Å². The fourth-order valence-electron chi connectivity index (χ4n) is 3.94. The highest BCUT2D eigenvalue weighted by Crippen LogP contribution is 2.26. The molecule has 0 saturated carbocycles. The minimum atomic E-state index is -0.182. The van der Waals surface area contributed by atoms with E-state index in [0.717, 1.165) is 83.2 Å². The number of ether oxygens (including phenoxy) is 2. The van der Waals surface area contributed by atoms with Crippen LogP contribution in [-0.4, -0.2) is 55.8 Å². The molecule has 0 unspecified atom stereocenters. The molecule has 150 valence electrons. The summed E-state index contributed by atoms with van der Waals surface area (Å²) in [5.74, 6) is 0.853. The quantitative estimate of drug-likeness (QED) is 0.730. The van der Waals surface area contributed by atoms with Crippen LogP contribution in [0.15, 0.2) is 42.5 Å². The van der Waals surface area contributed by atoms with E-state index in [1.807, 2.05) is 12.1 Å². The van der Waals surface area contributed by atoms with E-state index >= 15 is 0 Å². The predicted octanol–water partition coefficient (Wildman–Crippen LogP) is 3.49. The predicted molar refractivity (Wildman–Crippen MR) is 108 cm³/mol. The lowest BCUT2D eigenvalue weighted by Crippen LogP contribution is -2.41. The van der Waals surface area contributed by atoms with Crippen LogP contribution in [0, 0.1) is 5.82 Å². The highest BCUT2D eigenvalue weighted by Gasteiger charge is 2.15. The Bertz CT molecular complexity index is 760. The molecule has 0 amide bonds. The Balaban J connectivity index is 1.44. The van der Waals surface area contributed by atoms with Crippen molar-refractivity contribution in [2.45, 2.75) is 25.9 Å². The van der Waals surface area contributed by atoms with Gasteiger partial charge in [-0.15, -0.1) is 0 Å². The number of aryl methyl sites for hydroxylation is 1. The Morgan fingerprint density at radius 2 is 1.68 bits per heavy atom. The number of morpholine rings is 1. The van der Waals surface area contributed by atoms with Crippen LogP contribution in [0.2, 0.25) is 0 Å². The van der Waals surface area contributed by atoms with Crippen molar-refractivity contribution in [1.82, 2.24) is 9.80 Å². The fourth-order valence-corrected chi connectivity index (χ4v) is 3.94. The lowest BCUT2D eigenvalue weighted by atomic mass is 10.0. The topological polar surface area (TPSA) is 24.9 Å². The zero-order chi connectivity index (χ0) is 19.2. The van der Waals surface area contributed by atoms with Crippen LogP contribution in [0.5, 0.6) is 5.75 Å². The van der Waals surface area contributed by atoms with Crippen molar-refractivity contribution in [3.8, 4) is 5.75 Å². The second-order valence-corrected chi connectivity index (χ2v) is 7.69. The molecule has 28 heavy (non-hydrogen) atoms. The van der Waals surface area contributed by atoms with Crippen LogP contribution in [0.1, 0.15) is 23.1 Å². The van der Waals surface area contributed by atoms with Crippen molar-refractivity contribution in [1.29, 1.82) is 0 Å². The van der Waals surface area contributed by atoms with Gasteiger partial charge in [-0.3, -0.25) is 9.80 Å². The number of hydrogen-bond donors (Lipinski definition) is 0. The van der Waals surface area contributed by atoms with Crippen molar-refractivity contribution in [2.75, 3.05) is 46.0 Å². The van der Waals surface area contributed by atoms with Crippen LogP contribution in [0.3, 0.4) is 0 Å². The first-order chi connectivity index (χ1) is 13.8. The molecule has 1 fully saturated rings. The van der Waals surface area contributed by atoms with Gasteiger partial charge in [-0.1, -0.05) is 24.3 Å². The molecule has 4 rings (SSSR count). The summed E-state index contributed by atoms with van der Waals surface area (Å²) in [4.78, 5) is 4.91. The molecular formula is C23H29FN2O2. The first-order valence-corrected chi connectivity index (χ1v) is 10.3. The molecule has 0 aliphatic carbocycles. The van der Waals surface area contributed by atoms with Crippen molar-refractivity contribution >= 4 is 0 Å². The monoisotopic (exact) mass is 384 g/mol. The number of hydrogen-bond acceptors (Lipinski definition) is 4. The molecule has 0 bridgehead atoms. The van der Waals surface area contributed by atoms with E-state index in [4.69, 9.17) is 9.47 Å². The number of fused-ring (bicyclic) bond motifs is 1. The van der Waals surface area contributed by atoms with E-state index in [1.54, 1.807) is 12.1 Å². The second kappa shape index (κ2) is 9.50. The largest absolute Gasteiger partial charge is 0.493 e. The highest BCUT2D eigenvalue weighted by molar-refractivity contribution is 5.38. The summed E-state index contributed by atoms with van der Waals surface area (Å²) < 4.78 is 24.5. The lowest BCUT2D eigenvalue weighted by Gasteiger charge is -2.30. The molecule has 2 heterocycles. The molecule has 4 nitrogen and oxygen atoms in total. The average Bonchev–Trinajstić information content (AvgIpc) is 2.74. The van der Waals surface area contributed by atoms with Gasteiger partial charge in [0.1, 0.15) is 11.6 Å². The van der Waals surface area contributed by atoms with Gasteiger partial charge in [0.25, 0.3) is 0 Å². The summed E-state index contributed by atoms with van der Waals surface area (Å²) in [7, 11) is 0. The van der Waals surface area contributed by atoms with E-state index in [2.05, 4.69) is 28.0 Å².